The van der Waals surface area contributed by atoms with Crippen LogP contribution in [-0.2, 0) is 0 Å². The SMILES string of the molecule is CC1CCC(C(O)c2cc(Cl)c(Br)cc2F)CC1. The van der Waals surface area contributed by atoms with Crippen molar-refractivity contribution in [1.29, 1.82) is 0 Å². The summed E-state index contributed by atoms with van der Waals surface area (Å²) in [6, 6.07) is 2.86. The van der Waals surface area contributed by atoms with Gasteiger partial charge in [0.05, 0.1) is 11.1 Å². The van der Waals surface area contributed by atoms with Crippen LogP contribution in [0.25, 0.3) is 0 Å². The van der Waals surface area contributed by atoms with Gasteiger partial charge in [-0.15, -0.1) is 0 Å². The number of aliphatic hydroxyl groups is 1. The first-order chi connectivity index (χ1) is 8.49. The van der Waals surface area contributed by atoms with Crippen LogP contribution in [0.4, 0.5) is 4.39 Å². The Bertz CT molecular complexity index is 430. The van der Waals surface area contributed by atoms with Gasteiger partial charge in [0, 0.05) is 10.0 Å². The normalized spacial score (nSPS) is 26.1. The van der Waals surface area contributed by atoms with E-state index in [0.717, 1.165) is 25.7 Å². The van der Waals surface area contributed by atoms with Crippen LogP contribution in [0.15, 0.2) is 16.6 Å². The zero-order valence-electron chi connectivity index (χ0n) is 10.3. The van der Waals surface area contributed by atoms with Crippen LogP contribution in [0.3, 0.4) is 0 Å². The van der Waals surface area contributed by atoms with E-state index in [2.05, 4.69) is 22.9 Å². The van der Waals surface area contributed by atoms with Gasteiger partial charge < -0.3 is 5.11 Å². The van der Waals surface area contributed by atoms with Crippen LogP contribution in [0.5, 0.6) is 0 Å². The van der Waals surface area contributed by atoms with E-state index >= 15 is 0 Å². The maximum absolute atomic E-state index is 13.9. The van der Waals surface area contributed by atoms with Gasteiger partial charge in [-0.25, -0.2) is 4.39 Å². The van der Waals surface area contributed by atoms with Gasteiger partial charge in [0.25, 0.3) is 0 Å². The average molecular weight is 336 g/mol. The lowest BCUT2D eigenvalue weighted by atomic mass is 9.78. The van der Waals surface area contributed by atoms with E-state index in [-0.39, 0.29) is 5.92 Å². The van der Waals surface area contributed by atoms with Gasteiger partial charge in [0.2, 0.25) is 0 Å². The zero-order valence-corrected chi connectivity index (χ0v) is 12.6. The Morgan fingerprint density at radius 2 is 1.94 bits per heavy atom. The Labute approximate surface area is 120 Å². The zero-order chi connectivity index (χ0) is 13.3. The number of halogens is 3. The molecule has 1 N–H and O–H groups in total. The summed E-state index contributed by atoms with van der Waals surface area (Å²) in [6.07, 6.45) is 3.37. The first kappa shape index (κ1) is 14.3. The summed E-state index contributed by atoms with van der Waals surface area (Å²) < 4.78 is 14.4. The quantitative estimate of drug-likeness (QED) is 0.745. The topological polar surface area (TPSA) is 20.2 Å². The van der Waals surface area contributed by atoms with Crippen molar-refractivity contribution in [3.63, 3.8) is 0 Å². The molecule has 18 heavy (non-hydrogen) atoms. The lowest BCUT2D eigenvalue weighted by molar-refractivity contribution is 0.0726. The molecule has 1 nitrogen and oxygen atoms in total. The van der Waals surface area contributed by atoms with Crippen molar-refractivity contribution in [1.82, 2.24) is 0 Å². The molecule has 0 amide bonds. The molecule has 0 radical (unpaired) electrons. The minimum absolute atomic E-state index is 0.146. The monoisotopic (exact) mass is 334 g/mol. The van der Waals surface area contributed by atoms with Gasteiger partial charge in [-0.1, -0.05) is 31.4 Å². The summed E-state index contributed by atoms with van der Waals surface area (Å²) >= 11 is 9.15. The lowest BCUT2D eigenvalue weighted by Crippen LogP contribution is -2.20. The van der Waals surface area contributed by atoms with E-state index in [9.17, 15) is 9.50 Å². The van der Waals surface area contributed by atoms with Crippen LogP contribution in [0.1, 0.15) is 44.3 Å². The molecule has 1 atom stereocenters. The molecule has 0 spiro atoms. The molecule has 0 heterocycles. The van der Waals surface area contributed by atoms with Crippen molar-refractivity contribution in [3.8, 4) is 0 Å². The Kier molecular flexibility index (Phi) is 4.68. The van der Waals surface area contributed by atoms with Crippen LogP contribution in [-0.4, -0.2) is 5.11 Å². The van der Waals surface area contributed by atoms with E-state index in [4.69, 9.17) is 11.6 Å². The molecule has 100 valence electrons. The molecular weight excluding hydrogens is 319 g/mol. The highest BCUT2D eigenvalue weighted by Crippen LogP contribution is 2.39. The number of aliphatic hydroxyl groups excluding tert-OH is 1. The van der Waals surface area contributed by atoms with Crippen molar-refractivity contribution in [3.05, 3.63) is 33.0 Å². The number of rotatable bonds is 2. The van der Waals surface area contributed by atoms with Crippen molar-refractivity contribution in [2.24, 2.45) is 11.8 Å². The summed E-state index contributed by atoms with van der Waals surface area (Å²) in [5, 5.41) is 10.8. The smallest absolute Gasteiger partial charge is 0.130 e. The molecule has 1 unspecified atom stereocenters. The van der Waals surface area contributed by atoms with Gasteiger partial charge >= 0.3 is 0 Å². The Morgan fingerprint density at radius 1 is 1.33 bits per heavy atom. The van der Waals surface area contributed by atoms with E-state index in [1.807, 2.05) is 0 Å². The number of benzene rings is 1. The highest BCUT2D eigenvalue weighted by atomic mass is 79.9. The van der Waals surface area contributed by atoms with Crippen molar-refractivity contribution in [2.75, 3.05) is 0 Å². The molecular formula is C14H17BrClFO. The second-order valence-electron chi connectivity index (χ2n) is 5.25. The number of hydrogen-bond donors (Lipinski definition) is 1. The minimum Gasteiger partial charge on any atom is -0.388 e. The highest BCUT2D eigenvalue weighted by Gasteiger charge is 2.27. The molecule has 1 fully saturated rings. The predicted molar refractivity (Wildman–Crippen MR) is 75.2 cm³/mol. The largest absolute Gasteiger partial charge is 0.388 e. The molecule has 0 aliphatic heterocycles. The molecule has 0 bridgehead atoms. The third-order valence-corrected chi connectivity index (χ3v) is 5.06. The average Bonchev–Trinajstić information content (AvgIpc) is 2.34. The fourth-order valence-corrected chi connectivity index (χ4v) is 3.11. The van der Waals surface area contributed by atoms with Crippen LogP contribution >= 0.6 is 27.5 Å². The van der Waals surface area contributed by atoms with Crippen LogP contribution < -0.4 is 0 Å². The van der Waals surface area contributed by atoms with Crippen LogP contribution in [0.2, 0.25) is 5.02 Å². The molecule has 1 aromatic rings. The fourth-order valence-electron chi connectivity index (χ4n) is 2.62. The Hall–Kier alpha value is -0.120. The molecule has 0 saturated heterocycles. The van der Waals surface area contributed by atoms with E-state index in [1.54, 1.807) is 0 Å². The van der Waals surface area contributed by atoms with Crippen molar-refractivity contribution < 1.29 is 9.50 Å². The minimum atomic E-state index is -0.747. The standard InChI is InChI=1S/C14H17BrClFO/c1-8-2-4-9(5-3-8)14(18)10-6-12(16)11(15)7-13(10)17/h6-9,14,18H,2-5H2,1H3. The molecule has 1 aliphatic carbocycles. The third kappa shape index (κ3) is 3.06. The molecule has 1 aromatic carbocycles. The summed E-state index contributed by atoms with van der Waals surface area (Å²) in [5.74, 6) is 0.470. The van der Waals surface area contributed by atoms with Gasteiger partial charge in [-0.2, -0.15) is 0 Å². The fraction of sp³-hybridized carbons (Fsp3) is 0.571. The van der Waals surface area contributed by atoms with Crippen molar-refractivity contribution in [2.45, 2.75) is 38.7 Å². The molecule has 2 rings (SSSR count). The molecule has 4 heteroatoms. The van der Waals surface area contributed by atoms with E-state index < -0.39 is 11.9 Å². The maximum Gasteiger partial charge on any atom is 0.130 e. The first-order valence-electron chi connectivity index (χ1n) is 6.31. The molecule has 1 aliphatic rings. The van der Waals surface area contributed by atoms with E-state index in [0.29, 0.717) is 21.0 Å². The summed E-state index contributed by atoms with van der Waals surface area (Å²) in [7, 11) is 0. The van der Waals surface area contributed by atoms with Crippen molar-refractivity contribution >= 4 is 27.5 Å². The first-order valence-corrected chi connectivity index (χ1v) is 7.48. The van der Waals surface area contributed by atoms with E-state index in [1.165, 1.54) is 12.1 Å². The number of hydrogen-bond acceptors (Lipinski definition) is 1. The van der Waals surface area contributed by atoms with Gasteiger partial charge in [-0.05, 0) is 52.7 Å². The maximum atomic E-state index is 13.9. The summed E-state index contributed by atoms with van der Waals surface area (Å²) in [4.78, 5) is 0. The van der Waals surface area contributed by atoms with Gasteiger partial charge in [-0.3, -0.25) is 0 Å². The second-order valence-corrected chi connectivity index (χ2v) is 6.51. The third-order valence-electron chi connectivity index (χ3n) is 3.87. The lowest BCUT2D eigenvalue weighted by Gasteiger charge is -2.30. The van der Waals surface area contributed by atoms with Crippen LogP contribution in [0, 0.1) is 17.7 Å². The van der Waals surface area contributed by atoms with Gasteiger partial charge in [0.15, 0.2) is 0 Å². The Balaban J connectivity index is 2.18. The molecule has 0 aromatic heterocycles. The Morgan fingerprint density at radius 3 is 2.56 bits per heavy atom. The summed E-state index contributed by atoms with van der Waals surface area (Å²) in [5.41, 5.74) is 0.322. The summed E-state index contributed by atoms with van der Waals surface area (Å²) in [6.45, 7) is 2.22. The second kappa shape index (κ2) is 5.89. The molecule has 1 saturated carbocycles. The van der Waals surface area contributed by atoms with Gasteiger partial charge in [0.1, 0.15) is 5.82 Å². The highest BCUT2D eigenvalue weighted by molar-refractivity contribution is 9.10. The predicted octanol–water partition coefficient (Wildman–Crippen LogP) is 5.10.